The number of ether oxygens (including phenoxy) is 1. The standard InChI is InChI=1S/C20H29N5O/c1-20(2,3)16-4-6-17(7-5-16)24-19-14-18(22-15-23-19)21-8-9-25-10-12-26-13-11-25/h4-7,14-15H,8-13H2,1-3H3,(H2,21,22,23,24). The van der Waals surface area contributed by atoms with Gasteiger partial charge in [0.15, 0.2) is 0 Å². The molecule has 1 fully saturated rings. The fourth-order valence-electron chi connectivity index (χ4n) is 2.89. The lowest BCUT2D eigenvalue weighted by molar-refractivity contribution is 0.0398. The van der Waals surface area contributed by atoms with E-state index >= 15 is 0 Å². The molecule has 1 aliphatic heterocycles. The molecule has 1 saturated heterocycles. The predicted octanol–water partition coefficient (Wildman–Crippen LogP) is 3.26. The number of aromatic nitrogens is 2. The van der Waals surface area contributed by atoms with Gasteiger partial charge in [-0.15, -0.1) is 0 Å². The molecule has 2 aromatic rings. The molecule has 6 heteroatoms. The third kappa shape index (κ3) is 5.41. The molecule has 3 rings (SSSR count). The highest BCUT2D eigenvalue weighted by atomic mass is 16.5. The van der Waals surface area contributed by atoms with Crippen molar-refractivity contribution in [1.82, 2.24) is 14.9 Å². The number of hydrogen-bond acceptors (Lipinski definition) is 6. The zero-order valence-corrected chi connectivity index (χ0v) is 16.0. The smallest absolute Gasteiger partial charge is 0.135 e. The van der Waals surface area contributed by atoms with Crippen LogP contribution in [0, 0.1) is 0 Å². The molecule has 1 aromatic heterocycles. The fourth-order valence-corrected chi connectivity index (χ4v) is 2.89. The van der Waals surface area contributed by atoms with Crippen molar-refractivity contribution >= 4 is 17.3 Å². The van der Waals surface area contributed by atoms with Crippen LogP contribution in [-0.4, -0.2) is 54.3 Å². The summed E-state index contributed by atoms with van der Waals surface area (Å²) >= 11 is 0. The first-order valence-corrected chi connectivity index (χ1v) is 9.24. The zero-order chi connectivity index (χ0) is 18.4. The van der Waals surface area contributed by atoms with Gasteiger partial charge in [-0.3, -0.25) is 4.90 Å². The van der Waals surface area contributed by atoms with Crippen LogP contribution in [0.25, 0.3) is 0 Å². The number of nitrogens with zero attached hydrogens (tertiary/aromatic N) is 3. The zero-order valence-electron chi connectivity index (χ0n) is 16.0. The second-order valence-electron chi connectivity index (χ2n) is 7.62. The van der Waals surface area contributed by atoms with Gasteiger partial charge in [-0.1, -0.05) is 32.9 Å². The van der Waals surface area contributed by atoms with Crippen LogP contribution in [0.15, 0.2) is 36.7 Å². The van der Waals surface area contributed by atoms with E-state index in [9.17, 15) is 0 Å². The molecule has 1 aliphatic rings. The number of anilines is 3. The largest absolute Gasteiger partial charge is 0.379 e. The molecule has 2 N–H and O–H groups in total. The van der Waals surface area contributed by atoms with E-state index in [-0.39, 0.29) is 5.41 Å². The van der Waals surface area contributed by atoms with Crippen LogP contribution in [0.5, 0.6) is 0 Å². The van der Waals surface area contributed by atoms with E-state index < -0.39 is 0 Å². The molecule has 0 amide bonds. The van der Waals surface area contributed by atoms with Crippen molar-refractivity contribution in [1.29, 1.82) is 0 Å². The Morgan fingerprint density at radius 2 is 1.73 bits per heavy atom. The molecule has 0 spiro atoms. The van der Waals surface area contributed by atoms with E-state index in [4.69, 9.17) is 4.74 Å². The highest BCUT2D eigenvalue weighted by Crippen LogP contribution is 2.24. The lowest BCUT2D eigenvalue weighted by Gasteiger charge is -2.26. The minimum Gasteiger partial charge on any atom is -0.379 e. The van der Waals surface area contributed by atoms with Gasteiger partial charge < -0.3 is 15.4 Å². The molecule has 0 saturated carbocycles. The molecular weight excluding hydrogens is 326 g/mol. The van der Waals surface area contributed by atoms with Gasteiger partial charge >= 0.3 is 0 Å². The van der Waals surface area contributed by atoms with Crippen molar-refractivity contribution in [2.45, 2.75) is 26.2 Å². The summed E-state index contributed by atoms with van der Waals surface area (Å²) in [5.74, 6) is 1.62. The third-order valence-electron chi connectivity index (χ3n) is 4.53. The molecule has 0 aliphatic carbocycles. The molecule has 6 nitrogen and oxygen atoms in total. The molecule has 0 radical (unpaired) electrons. The van der Waals surface area contributed by atoms with Crippen molar-refractivity contribution in [2.24, 2.45) is 0 Å². The van der Waals surface area contributed by atoms with Crippen molar-refractivity contribution in [3.63, 3.8) is 0 Å². The fraction of sp³-hybridized carbons (Fsp3) is 0.500. The Morgan fingerprint density at radius 1 is 1.04 bits per heavy atom. The summed E-state index contributed by atoms with van der Waals surface area (Å²) in [6.07, 6.45) is 1.59. The topological polar surface area (TPSA) is 62.3 Å². The van der Waals surface area contributed by atoms with Gasteiger partial charge in [0.05, 0.1) is 13.2 Å². The average Bonchev–Trinajstić information content (AvgIpc) is 2.63. The molecule has 26 heavy (non-hydrogen) atoms. The summed E-state index contributed by atoms with van der Waals surface area (Å²) < 4.78 is 5.37. The Labute approximate surface area is 156 Å². The Kier molecular flexibility index (Phi) is 6.06. The number of benzene rings is 1. The monoisotopic (exact) mass is 355 g/mol. The van der Waals surface area contributed by atoms with Crippen LogP contribution in [-0.2, 0) is 10.2 Å². The van der Waals surface area contributed by atoms with Crippen molar-refractivity contribution in [2.75, 3.05) is 50.0 Å². The van der Waals surface area contributed by atoms with Gasteiger partial charge in [0.1, 0.15) is 18.0 Å². The molecule has 2 heterocycles. The summed E-state index contributed by atoms with van der Waals surface area (Å²) in [5.41, 5.74) is 2.50. The lowest BCUT2D eigenvalue weighted by Crippen LogP contribution is -2.39. The van der Waals surface area contributed by atoms with Crippen LogP contribution in [0.3, 0.4) is 0 Å². The summed E-state index contributed by atoms with van der Waals surface area (Å²) in [5, 5.41) is 6.72. The van der Waals surface area contributed by atoms with Crippen LogP contribution >= 0.6 is 0 Å². The van der Waals surface area contributed by atoms with E-state index in [2.05, 4.69) is 70.5 Å². The Bertz CT molecular complexity index is 690. The average molecular weight is 355 g/mol. The number of rotatable bonds is 6. The maximum atomic E-state index is 5.37. The third-order valence-corrected chi connectivity index (χ3v) is 4.53. The molecule has 0 unspecified atom stereocenters. The summed E-state index contributed by atoms with van der Waals surface area (Å²) in [7, 11) is 0. The maximum Gasteiger partial charge on any atom is 0.135 e. The second kappa shape index (κ2) is 8.47. The first-order chi connectivity index (χ1) is 12.5. The first-order valence-electron chi connectivity index (χ1n) is 9.24. The Morgan fingerprint density at radius 3 is 2.42 bits per heavy atom. The van der Waals surface area contributed by atoms with Crippen LogP contribution in [0.2, 0.25) is 0 Å². The SMILES string of the molecule is CC(C)(C)c1ccc(Nc2cc(NCCN3CCOCC3)ncn2)cc1. The van der Waals surface area contributed by atoms with E-state index in [0.717, 1.165) is 56.7 Å². The lowest BCUT2D eigenvalue weighted by atomic mass is 9.87. The number of morpholine rings is 1. The highest BCUT2D eigenvalue weighted by molar-refractivity contribution is 5.59. The van der Waals surface area contributed by atoms with Gasteiger partial charge in [0, 0.05) is 37.9 Å². The van der Waals surface area contributed by atoms with Gasteiger partial charge in [0.2, 0.25) is 0 Å². The Balaban J connectivity index is 1.53. The minimum absolute atomic E-state index is 0.158. The second-order valence-corrected chi connectivity index (χ2v) is 7.62. The quantitative estimate of drug-likeness (QED) is 0.829. The number of nitrogens with one attached hydrogen (secondary N) is 2. The summed E-state index contributed by atoms with van der Waals surface area (Å²) in [6.45, 7) is 12.2. The van der Waals surface area contributed by atoms with Crippen LogP contribution < -0.4 is 10.6 Å². The molecular formula is C20H29N5O. The molecule has 140 valence electrons. The van der Waals surface area contributed by atoms with Crippen molar-refractivity contribution in [3.05, 3.63) is 42.2 Å². The molecule has 1 aromatic carbocycles. The Hall–Kier alpha value is -2.18. The van der Waals surface area contributed by atoms with E-state index in [1.165, 1.54) is 5.56 Å². The van der Waals surface area contributed by atoms with Crippen LogP contribution in [0.1, 0.15) is 26.3 Å². The molecule has 0 atom stereocenters. The first kappa shape index (κ1) is 18.6. The highest BCUT2D eigenvalue weighted by Gasteiger charge is 2.13. The predicted molar refractivity (Wildman–Crippen MR) is 106 cm³/mol. The van der Waals surface area contributed by atoms with Gasteiger partial charge in [0.25, 0.3) is 0 Å². The summed E-state index contributed by atoms with van der Waals surface area (Å²) in [4.78, 5) is 11.0. The van der Waals surface area contributed by atoms with E-state index in [1.807, 2.05) is 6.07 Å². The van der Waals surface area contributed by atoms with E-state index in [1.54, 1.807) is 6.33 Å². The number of hydrogen-bond donors (Lipinski definition) is 2. The van der Waals surface area contributed by atoms with Gasteiger partial charge in [-0.25, -0.2) is 9.97 Å². The minimum atomic E-state index is 0.158. The van der Waals surface area contributed by atoms with E-state index in [0.29, 0.717) is 0 Å². The van der Waals surface area contributed by atoms with Crippen molar-refractivity contribution < 1.29 is 4.74 Å². The van der Waals surface area contributed by atoms with Crippen LogP contribution in [0.4, 0.5) is 17.3 Å². The normalized spacial score (nSPS) is 15.7. The van der Waals surface area contributed by atoms with Crippen molar-refractivity contribution in [3.8, 4) is 0 Å². The molecule has 0 bridgehead atoms. The van der Waals surface area contributed by atoms with Gasteiger partial charge in [-0.2, -0.15) is 0 Å². The summed E-state index contributed by atoms with van der Waals surface area (Å²) in [6, 6.07) is 10.4. The van der Waals surface area contributed by atoms with Gasteiger partial charge in [-0.05, 0) is 23.1 Å². The maximum absolute atomic E-state index is 5.37.